The normalized spacial score (nSPS) is 16.3. The van der Waals surface area contributed by atoms with Gasteiger partial charge in [-0.25, -0.2) is 0 Å². The van der Waals surface area contributed by atoms with E-state index in [2.05, 4.69) is 39.7 Å². The summed E-state index contributed by atoms with van der Waals surface area (Å²) in [5.74, 6) is 0.478. The molecule has 2 rings (SSSR count). The number of amides is 1. The van der Waals surface area contributed by atoms with E-state index in [4.69, 9.17) is 0 Å². The van der Waals surface area contributed by atoms with Gasteiger partial charge in [-0.15, -0.1) is 5.10 Å². The maximum Gasteiger partial charge on any atom is 0.273 e. The molecule has 2 N–H and O–H groups in total. The van der Waals surface area contributed by atoms with Crippen LogP contribution in [-0.4, -0.2) is 65.1 Å². The number of rotatable bonds is 7. The van der Waals surface area contributed by atoms with Crippen LogP contribution in [0.1, 0.15) is 30.8 Å². The summed E-state index contributed by atoms with van der Waals surface area (Å²) in [5.41, 5.74) is 0.402. The molecule has 1 aromatic rings. The Labute approximate surface area is 126 Å². The van der Waals surface area contributed by atoms with Crippen molar-refractivity contribution in [3.8, 4) is 0 Å². The summed E-state index contributed by atoms with van der Waals surface area (Å²) in [6, 6.07) is 0. The van der Waals surface area contributed by atoms with Gasteiger partial charge < -0.3 is 10.6 Å². The van der Waals surface area contributed by atoms with Gasteiger partial charge in [0.15, 0.2) is 5.69 Å². The maximum atomic E-state index is 12.0. The van der Waals surface area contributed by atoms with E-state index in [0.717, 1.165) is 45.7 Å². The summed E-state index contributed by atoms with van der Waals surface area (Å²) in [7, 11) is 0. The molecule has 1 fully saturated rings. The second-order valence-electron chi connectivity index (χ2n) is 5.90. The summed E-state index contributed by atoms with van der Waals surface area (Å²) in [6.45, 7) is 10.8. The number of hydrogen-bond acceptors (Lipinski definition) is 5. The molecule has 21 heavy (non-hydrogen) atoms. The van der Waals surface area contributed by atoms with Gasteiger partial charge in [0, 0.05) is 45.8 Å². The first-order valence-corrected chi connectivity index (χ1v) is 7.76. The molecule has 1 aromatic heterocycles. The van der Waals surface area contributed by atoms with E-state index in [1.54, 1.807) is 10.9 Å². The van der Waals surface area contributed by atoms with Crippen molar-refractivity contribution in [2.45, 2.75) is 26.8 Å². The minimum Gasteiger partial charge on any atom is -0.349 e. The summed E-state index contributed by atoms with van der Waals surface area (Å²) in [4.78, 5) is 14.3. The Balaban J connectivity index is 1.70. The molecular formula is C14H26N6O. The van der Waals surface area contributed by atoms with Gasteiger partial charge >= 0.3 is 0 Å². The maximum absolute atomic E-state index is 12.0. The Bertz CT molecular complexity index is 438. The van der Waals surface area contributed by atoms with Crippen LogP contribution in [0.4, 0.5) is 0 Å². The third-order valence-electron chi connectivity index (χ3n) is 3.63. The molecule has 0 aliphatic carbocycles. The van der Waals surface area contributed by atoms with Crippen LogP contribution in [0, 0.1) is 5.92 Å². The highest BCUT2D eigenvalue weighted by atomic mass is 16.2. The number of carbonyl (C=O) groups excluding carboxylic acids is 1. The van der Waals surface area contributed by atoms with Crippen molar-refractivity contribution in [1.82, 2.24) is 30.5 Å². The van der Waals surface area contributed by atoms with Gasteiger partial charge in [-0.05, 0) is 12.3 Å². The molecule has 0 aromatic carbocycles. The molecule has 1 aliphatic heterocycles. The lowest BCUT2D eigenvalue weighted by atomic mass is 10.1. The standard InChI is InChI=1S/C14H26N6O/c1-12(2)3-7-20-11-13(17-18-20)14(21)16-6-10-19-8-4-15-5-9-19/h11-12,15H,3-10H2,1-2H3,(H,16,21). The molecule has 0 saturated carbocycles. The zero-order valence-corrected chi connectivity index (χ0v) is 13.0. The van der Waals surface area contributed by atoms with E-state index in [1.807, 2.05) is 0 Å². The third-order valence-corrected chi connectivity index (χ3v) is 3.63. The average Bonchev–Trinajstić information content (AvgIpc) is 2.95. The predicted molar refractivity (Wildman–Crippen MR) is 81.1 cm³/mol. The second kappa shape index (κ2) is 8.09. The van der Waals surface area contributed by atoms with Gasteiger partial charge in [-0.3, -0.25) is 14.4 Å². The summed E-state index contributed by atoms with van der Waals surface area (Å²) in [6.07, 6.45) is 2.76. The van der Waals surface area contributed by atoms with E-state index < -0.39 is 0 Å². The van der Waals surface area contributed by atoms with Crippen molar-refractivity contribution < 1.29 is 4.79 Å². The van der Waals surface area contributed by atoms with Crippen molar-refractivity contribution >= 4 is 5.91 Å². The Hall–Kier alpha value is -1.47. The van der Waals surface area contributed by atoms with Crippen LogP contribution in [0.2, 0.25) is 0 Å². The number of nitrogens with one attached hydrogen (secondary N) is 2. The third kappa shape index (κ3) is 5.43. The summed E-state index contributed by atoms with van der Waals surface area (Å²) < 4.78 is 1.74. The van der Waals surface area contributed by atoms with Gasteiger partial charge in [0.2, 0.25) is 0 Å². The van der Waals surface area contributed by atoms with Crippen LogP contribution < -0.4 is 10.6 Å². The molecule has 0 atom stereocenters. The highest BCUT2D eigenvalue weighted by Crippen LogP contribution is 2.02. The molecule has 0 radical (unpaired) electrons. The van der Waals surface area contributed by atoms with Gasteiger partial charge in [-0.1, -0.05) is 19.1 Å². The topological polar surface area (TPSA) is 75.1 Å². The zero-order chi connectivity index (χ0) is 15.1. The molecule has 2 heterocycles. The highest BCUT2D eigenvalue weighted by molar-refractivity contribution is 5.91. The Morgan fingerprint density at radius 2 is 2.14 bits per heavy atom. The van der Waals surface area contributed by atoms with Gasteiger partial charge in [-0.2, -0.15) is 0 Å². The number of nitrogens with zero attached hydrogens (tertiary/aromatic N) is 4. The number of aromatic nitrogens is 3. The molecule has 1 saturated heterocycles. The van der Waals surface area contributed by atoms with E-state index in [1.165, 1.54) is 0 Å². The zero-order valence-electron chi connectivity index (χ0n) is 13.0. The van der Waals surface area contributed by atoms with Crippen molar-refractivity contribution in [3.63, 3.8) is 0 Å². The fourth-order valence-corrected chi connectivity index (χ4v) is 2.26. The Morgan fingerprint density at radius 3 is 2.86 bits per heavy atom. The van der Waals surface area contributed by atoms with Crippen LogP contribution in [0.3, 0.4) is 0 Å². The number of carbonyl (C=O) groups is 1. The summed E-state index contributed by atoms with van der Waals surface area (Å²) >= 11 is 0. The molecule has 0 spiro atoms. The monoisotopic (exact) mass is 294 g/mol. The van der Waals surface area contributed by atoms with Gasteiger partial charge in [0.05, 0.1) is 6.20 Å². The highest BCUT2D eigenvalue weighted by Gasteiger charge is 2.12. The van der Waals surface area contributed by atoms with Crippen LogP contribution in [0.5, 0.6) is 0 Å². The number of piperazine rings is 1. The molecule has 0 unspecified atom stereocenters. The van der Waals surface area contributed by atoms with Gasteiger partial charge in [0.25, 0.3) is 5.91 Å². The Morgan fingerprint density at radius 1 is 1.38 bits per heavy atom. The molecule has 7 nitrogen and oxygen atoms in total. The Kier molecular flexibility index (Phi) is 6.13. The van der Waals surface area contributed by atoms with E-state index >= 15 is 0 Å². The average molecular weight is 294 g/mol. The van der Waals surface area contributed by atoms with Crippen LogP contribution in [0.15, 0.2) is 6.20 Å². The fraction of sp³-hybridized carbons (Fsp3) is 0.786. The van der Waals surface area contributed by atoms with Crippen LogP contribution >= 0.6 is 0 Å². The van der Waals surface area contributed by atoms with Crippen LogP contribution in [0.25, 0.3) is 0 Å². The molecule has 1 aliphatic rings. The minimum atomic E-state index is -0.138. The quantitative estimate of drug-likeness (QED) is 0.738. The fourth-order valence-electron chi connectivity index (χ4n) is 2.26. The SMILES string of the molecule is CC(C)CCn1cc(C(=O)NCCN2CCNCC2)nn1. The lowest BCUT2D eigenvalue weighted by Crippen LogP contribution is -2.46. The van der Waals surface area contributed by atoms with E-state index in [0.29, 0.717) is 18.2 Å². The van der Waals surface area contributed by atoms with Crippen molar-refractivity contribution in [1.29, 1.82) is 0 Å². The molecule has 0 bridgehead atoms. The first-order valence-electron chi connectivity index (χ1n) is 7.76. The molecule has 7 heteroatoms. The van der Waals surface area contributed by atoms with E-state index in [-0.39, 0.29) is 5.91 Å². The first-order chi connectivity index (χ1) is 10.1. The van der Waals surface area contributed by atoms with Crippen molar-refractivity contribution in [2.24, 2.45) is 5.92 Å². The first kappa shape index (κ1) is 15.9. The largest absolute Gasteiger partial charge is 0.349 e. The minimum absolute atomic E-state index is 0.138. The van der Waals surface area contributed by atoms with Gasteiger partial charge in [0.1, 0.15) is 0 Å². The van der Waals surface area contributed by atoms with Crippen LogP contribution in [-0.2, 0) is 6.54 Å². The molecular weight excluding hydrogens is 268 g/mol. The molecule has 118 valence electrons. The van der Waals surface area contributed by atoms with E-state index in [9.17, 15) is 4.79 Å². The van der Waals surface area contributed by atoms with Crippen molar-refractivity contribution in [2.75, 3.05) is 39.3 Å². The second-order valence-corrected chi connectivity index (χ2v) is 5.90. The smallest absolute Gasteiger partial charge is 0.273 e. The number of hydrogen-bond donors (Lipinski definition) is 2. The lowest BCUT2D eigenvalue weighted by Gasteiger charge is -2.26. The number of aryl methyl sites for hydroxylation is 1. The summed E-state index contributed by atoms with van der Waals surface area (Å²) in [5, 5.41) is 14.2. The molecule has 1 amide bonds. The predicted octanol–water partition coefficient (Wildman–Crippen LogP) is -0.0408. The lowest BCUT2D eigenvalue weighted by molar-refractivity contribution is 0.0942. The van der Waals surface area contributed by atoms with Crippen molar-refractivity contribution in [3.05, 3.63) is 11.9 Å².